The number of thiol groups is 1. The maximum atomic E-state index is 5.24. The van der Waals surface area contributed by atoms with E-state index in [1.807, 2.05) is 0 Å². The highest BCUT2D eigenvalue weighted by atomic mass is 32.1. The molecule has 0 bridgehead atoms. The maximum Gasteiger partial charge on any atom is 0.0733 e. The summed E-state index contributed by atoms with van der Waals surface area (Å²) in [7, 11) is 0. The second-order valence-corrected chi connectivity index (χ2v) is 3.24. The molecule has 0 amide bonds. The van der Waals surface area contributed by atoms with Crippen molar-refractivity contribution in [1.82, 2.24) is 0 Å². The zero-order chi connectivity index (χ0) is 6.04. The van der Waals surface area contributed by atoms with Crippen LogP contribution in [-0.4, -0.2) is 4.75 Å². The van der Waals surface area contributed by atoms with Crippen molar-refractivity contribution < 1.29 is 0 Å². The van der Waals surface area contributed by atoms with E-state index in [1.165, 1.54) is 12.8 Å². The van der Waals surface area contributed by atoms with Gasteiger partial charge in [0.1, 0.15) is 0 Å². The summed E-state index contributed by atoms with van der Waals surface area (Å²) in [6.07, 6.45) is 9.96. The van der Waals surface area contributed by atoms with Crippen LogP contribution in [0.4, 0.5) is 0 Å². The van der Waals surface area contributed by atoms with E-state index in [0.717, 1.165) is 12.8 Å². The zero-order valence-electron chi connectivity index (χ0n) is 4.85. The van der Waals surface area contributed by atoms with Crippen molar-refractivity contribution in [2.45, 2.75) is 30.4 Å². The van der Waals surface area contributed by atoms with Gasteiger partial charge < -0.3 is 0 Å². The molecule has 1 rings (SSSR count). The highest BCUT2D eigenvalue weighted by Crippen LogP contribution is 2.34. The van der Waals surface area contributed by atoms with Gasteiger partial charge in [0.2, 0.25) is 0 Å². The Morgan fingerprint density at radius 3 is 2.12 bits per heavy atom. The fourth-order valence-corrected chi connectivity index (χ4v) is 1.42. The van der Waals surface area contributed by atoms with Gasteiger partial charge in [-0.25, -0.2) is 0 Å². The normalized spacial score (nSPS) is 25.0. The van der Waals surface area contributed by atoms with Crippen LogP contribution in [0.3, 0.4) is 0 Å². The van der Waals surface area contributed by atoms with E-state index < -0.39 is 0 Å². The van der Waals surface area contributed by atoms with Crippen molar-refractivity contribution in [2.75, 3.05) is 0 Å². The highest BCUT2D eigenvalue weighted by molar-refractivity contribution is 7.82. The Morgan fingerprint density at radius 1 is 1.38 bits per heavy atom. The van der Waals surface area contributed by atoms with Gasteiger partial charge in [0.25, 0.3) is 0 Å². The molecule has 0 aromatic carbocycles. The van der Waals surface area contributed by atoms with Crippen LogP contribution in [0.25, 0.3) is 0 Å². The van der Waals surface area contributed by atoms with Crippen molar-refractivity contribution >= 4 is 12.6 Å². The Labute approximate surface area is 56.1 Å². The van der Waals surface area contributed by atoms with E-state index in [4.69, 9.17) is 6.42 Å². The highest BCUT2D eigenvalue weighted by Gasteiger charge is 2.26. The number of hydrogen-bond acceptors (Lipinski definition) is 1. The largest absolute Gasteiger partial charge is 0.159 e. The Morgan fingerprint density at radius 2 is 1.88 bits per heavy atom. The van der Waals surface area contributed by atoms with Gasteiger partial charge in [-0.3, -0.25) is 0 Å². The molecular weight excluding hydrogens is 116 g/mol. The van der Waals surface area contributed by atoms with Crippen LogP contribution in [0, 0.1) is 12.3 Å². The third-order valence-corrected chi connectivity index (χ3v) is 2.28. The van der Waals surface area contributed by atoms with E-state index in [0.29, 0.717) is 0 Å². The molecule has 0 heterocycles. The van der Waals surface area contributed by atoms with Gasteiger partial charge in [-0.2, -0.15) is 12.6 Å². The average molecular weight is 126 g/mol. The fraction of sp³-hybridized carbons (Fsp3) is 0.714. The quantitative estimate of drug-likeness (QED) is 0.372. The van der Waals surface area contributed by atoms with E-state index >= 15 is 0 Å². The lowest BCUT2D eigenvalue weighted by Gasteiger charge is -2.11. The molecule has 0 atom stereocenters. The molecule has 0 saturated heterocycles. The molecule has 1 heteroatoms. The lowest BCUT2D eigenvalue weighted by molar-refractivity contribution is 0.779. The van der Waals surface area contributed by atoms with Crippen LogP contribution in [0.2, 0.25) is 0 Å². The van der Waals surface area contributed by atoms with Crippen molar-refractivity contribution in [2.24, 2.45) is 0 Å². The molecule has 44 valence electrons. The summed E-state index contributed by atoms with van der Waals surface area (Å²) in [6, 6.07) is 0. The third-order valence-electron chi connectivity index (χ3n) is 1.70. The van der Waals surface area contributed by atoms with Gasteiger partial charge in [-0.1, -0.05) is 18.8 Å². The van der Waals surface area contributed by atoms with Crippen LogP contribution >= 0.6 is 12.6 Å². The fourth-order valence-electron chi connectivity index (χ4n) is 1.10. The molecule has 1 aliphatic rings. The van der Waals surface area contributed by atoms with Gasteiger partial charge in [-0.15, -0.1) is 6.42 Å². The molecule has 0 spiro atoms. The first-order valence-corrected chi connectivity index (χ1v) is 3.42. The summed E-state index contributed by atoms with van der Waals surface area (Å²) in [4.78, 5) is 0. The third kappa shape index (κ3) is 1.00. The lowest BCUT2D eigenvalue weighted by atomic mass is 10.1. The van der Waals surface area contributed by atoms with E-state index in [-0.39, 0.29) is 4.75 Å². The Kier molecular flexibility index (Phi) is 1.53. The van der Waals surface area contributed by atoms with Crippen LogP contribution in [-0.2, 0) is 0 Å². The van der Waals surface area contributed by atoms with Crippen LogP contribution in [0.5, 0.6) is 0 Å². The molecule has 1 aliphatic carbocycles. The van der Waals surface area contributed by atoms with Crippen LogP contribution < -0.4 is 0 Å². The Hall–Kier alpha value is -0.0900. The van der Waals surface area contributed by atoms with E-state index in [9.17, 15) is 0 Å². The predicted molar refractivity (Wildman–Crippen MR) is 39.0 cm³/mol. The minimum Gasteiger partial charge on any atom is -0.159 e. The molecule has 8 heavy (non-hydrogen) atoms. The van der Waals surface area contributed by atoms with Gasteiger partial charge in [0, 0.05) is 0 Å². The summed E-state index contributed by atoms with van der Waals surface area (Å²) in [5, 5.41) is 0. The van der Waals surface area contributed by atoms with Gasteiger partial charge in [0.15, 0.2) is 0 Å². The summed E-state index contributed by atoms with van der Waals surface area (Å²) in [6.45, 7) is 0. The second-order valence-electron chi connectivity index (χ2n) is 2.38. The first-order chi connectivity index (χ1) is 3.77. The maximum absolute atomic E-state index is 5.24. The van der Waals surface area contributed by atoms with Crippen molar-refractivity contribution in [3.05, 3.63) is 0 Å². The van der Waals surface area contributed by atoms with Crippen LogP contribution in [0.1, 0.15) is 25.7 Å². The molecule has 1 fully saturated rings. The molecular formula is C7H10S. The average Bonchev–Trinajstić information content (AvgIpc) is 2.17. The summed E-state index contributed by atoms with van der Waals surface area (Å²) in [5.41, 5.74) is 0. The summed E-state index contributed by atoms with van der Waals surface area (Å²) in [5.74, 6) is 2.70. The molecule has 0 aromatic heterocycles. The molecule has 0 aromatic rings. The minimum atomic E-state index is -0.0417. The number of terminal acetylenes is 1. The van der Waals surface area contributed by atoms with Gasteiger partial charge in [0.05, 0.1) is 4.75 Å². The minimum absolute atomic E-state index is 0.0417. The molecule has 0 aliphatic heterocycles. The summed E-state index contributed by atoms with van der Waals surface area (Å²) >= 11 is 4.34. The van der Waals surface area contributed by atoms with E-state index in [2.05, 4.69) is 18.5 Å². The molecule has 1 saturated carbocycles. The Bertz CT molecular complexity index is 115. The van der Waals surface area contributed by atoms with Crippen molar-refractivity contribution in [1.29, 1.82) is 0 Å². The predicted octanol–water partition coefficient (Wildman–Crippen LogP) is 1.86. The monoisotopic (exact) mass is 126 g/mol. The second kappa shape index (κ2) is 2.03. The lowest BCUT2D eigenvalue weighted by Crippen LogP contribution is -2.11. The van der Waals surface area contributed by atoms with Crippen molar-refractivity contribution in [3.63, 3.8) is 0 Å². The topological polar surface area (TPSA) is 0 Å². The standard InChI is InChI=1S/C7H10S/c1-2-7(8)5-3-4-6-7/h1,8H,3-6H2. The van der Waals surface area contributed by atoms with E-state index in [1.54, 1.807) is 0 Å². The van der Waals surface area contributed by atoms with Gasteiger partial charge >= 0.3 is 0 Å². The number of rotatable bonds is 0. The zero-order valence-corrected chi connectivity index (χ0v) is 5.75. The summed E-state index contributed by atoms with van der Waals surface area (Å²) < 4.78 is -0.0417. The first-order valence-electron chi connectivity index (χ1n) is 2.97. The van der Waals surface area contributed by atoms with Crippen LogP contribution in [0.15, 0.2) is 0 Å². The first kappa shape index (κ1) is 6.04. The number of hydrogen-bond donors (Lipinski definition) is 1. The molecule has 0 unspecified atom stereocenters. The molecule has 0 nitrogen and oxygen atoms in total. The van der Waals surface area contributed by atoms with Gasteiger partial charge in [-0.05, 0) is 12.8 Å². The Balaban J connectivity index is 2.56. The van der Waals surface area contributed by atoms with Crippen molar-refractivity contribution in [3.8, 4) is 12.3 Å². The SMILES string of the molecule is C#CC1(S)CCCC1. The smallest absolute Gasteiger partial charge is 0.0733 e. The molecule has 0 radical (unpaired) electrons. The molecule has 0 N–H and O–H groups in total.